The highest BCUT2D eigenvalue weighted by Gasteiger charge is 2.04. The van der Waals surface area contributed by atoms with Gasteiger partial charge in [0, 0.05) is 12.6 Å². The molecule has 0 N–H and O–H groups in total. The third kappa shape index (κ3) is 6.85. The molecule has 0 amide bonds. The minimum absolute atomic E-state index is 0.287. The Balaban J connectivity index is 1.80. The summed E-state index contributed by atoms with van der Waals surface area (Å²) >= 11 is 0. The zero-order valence-corrected chi connectivity index (χ0v) is 15.9. The molecule has 3 heteroatoms. The van der Waals surface area contributed by atoms with Crippen molar-refractivity contribution in [1.29, 1.82) is 0 Å². The fourth-order valence-electron chi connectivity index (χ4n) is 2.87. The van der Waals surface area contributed by atoms with Crippen molar-refractivity contribution in [2.75, 3.05) is 26.2 Å². The SMILES string of the molecule is CCCN(CCC)CCOC(=O)/C=C\c1ccc(-c2ccccc2)cc1. The van der Waals surface area contributed by atoms with E-state index in [-0.39, 0.29) is 5.97 Å². The summed E-state index contributed by atoms with van der Waals surface area (Å²) in [5.74, 6) is -0.287. The molecule has 3 nitrogen and oxygen atoms in total. The van der Waals surface area contributed by atoms with Gasteiger partial charge in [-0.15, -0.1) is 0 Å². The van der Waals surface area contributed by atoms with Gasteiger partial charge in [-0.3, -0.25) is 4.90 Å². The van der Waals surface area contributed by atoms with Crippen LogP contribution in [-0.2, 0) is 9.53 Å². The Labute approximate surface area is 157 Å². The molecule has 0 saturated carbocycles. The van der Waals surface area contributed by atoms with Crippen LogP contribution < -0.4 is 0 Å². The number of carbonyl (C=O) groups excluding carboxylic acids is 1. The van der Waals surface area contributed by atoms with Crippen LogP contribution in [0.2, 0.25) is 0 Å². The van der Waals surface area contributed by atoms with E-state index in [1.165, 1.54) is 11.6 Å². The van der Waals surface area contributed by atoms with Gasteiger partial charge in [0.1, 0.15) is 6.61 Å². The molecule has 0 aliphatic carbocycles. The lowest BCUT2D eigenvalue weighted by Crippen LogP contribution is -2.29. The molecule has 0 aliphatic rings. The van der Waals surface area contributed by atoms with E-state index in [1.807, 2.05) is 30.3 Å². The van der Waals surface area contributed by atoms with Crippen LogP contribution in [-0.4, -0.2) is 37.1 Å². The van der Waals surface area contributed by atoms with Crippen LogP contribution in [0.4, 0.5) is 0 Å². The Morgan fingerprint density at radius 1 is 0.885 bits per heavy atom. The van der Waals surface area contributed by atoms with Gasteiger partial charge in [0.25, 0.3) is 0 Å². The van der Waals surface area contributed by atoms with E-state index in [2.05, 4.69) is 43.0 Å². The summed E-state index contributed by atoms with van der Waals surface area (Å²) in [6, 6.07) is 18.4. The number of rotatable bonds is 10. The molecule has 2 aromatic carbocycles. The number of nitrogens with zero attached hydrogens (tertiary/aromatic N) is 1. The predicted octanol–water partition coefficient (Wildman–Crippen LogP) is 5.03. The maximum absolute atomic E-state index is 11.9. The Hall–Kier alpha value is -2.39. The van der Waals surface area contributed by atoms with Crippen LogP contribution in [0.1, 0.15) is 32.3 Å². The minimum Gasteiger partial charge on any atom is -0.461 e. The van der Waals surface area contributed by atoms with Gasteiger partial charge in [0.15, 0.2) is 0 Å². The first kappa shape index (κ1) is 19.9. The Kier molecular flexibility index (Phi) is 8.64. The molecule has 26 heavy (non-hydrogen) atoms. The molecule has 0 aliphatic heterocycles. The predicted molar refractivity (Wildman–Crippen MR) is 109 cm³/mol. The normalized spacial score (nSPS) is 11.2. The lowest BCUT2D eigenvalue weighted by Gasteiger charge is -2.20. The smallest absolute Gasteiger partial charge is 0.330 e. The molecule has 0 atom stereocenters. The first-order valence-corrected chi connectivity index (χ1v) is 9.45. The molecule has 138 valence electrons. The largest absolute Gasteiger partial charge is 0.461 e. The molecule has 0 unspecified atom stereocenters. The summed E-state index contributed by atoms with van der Waals surface area (Å²) < 4.78 is 5.31. The van der Waals surface area contributed by atoms with Gasteiger partial charge in [0.2, 0.25) is 0 Å². The highest BCUT2D eigenvalue weighted by Crippen LogP contribution is 2.19. The van der Waals surface area contributed by atoms with Crippen molar-refractivity contribution in [3.05, 3.63) is 66.2 Å². The van der Waals surface area contributed by atoms with Crippen molar-refractivity contribution in [1.82, 2.24) is 4.90 Å². The number of hydrogen-bond donors (Lipinski definition) is 0. The summed E-state index contributed by atoms with van der Waals surface area (Å²) in [6.45, 7) is 7.67. The molecular weight excluding hydrogens is 322 g/mol. The van der Waals surface area contributed by atoms with E-state index in [0.717, 1.165) is 43.6 Å². The highest BCUT2D eigenvalue weighted by atomic mass is 16.5. The molecule has 0 heterocycles. The molecule has 0 bridgehead atoms. The highest BCUT2D eigenvalue weighted by molar-refractivity contribution is 5.87. The standard InChI is InChI=1S/C23H29NO2/c1-3-16-24(17-4-2)18-19-26-23(25)15-12-20-10-13-22(14-11-20)21-8-6-5-7-9-21/h5-15H,3-4,16-19H2,1-2H3/b15-12-. The number of benzene rings is 2. The van der Waals surface area contributed by atoms with E-state index < -0.39 is 0 Å². The zero-order valence-electron chi connectivity index (χ0n) is 15.9. The molecular formula is C23H29NO2. The average Bonchev–Trinajstić information content (AvgIpc) is 2.68. The van der Waals surface area contributed by atoms with Crippen molar-refractivity contribution < 1.29 is 9.53 Å². The van der Waals surface area contributed by atoms with Gasteiger partial charge in [-0.25, -0.2) is 4.79 Å². The topological polar surface area (TPSA) is 29.5 Å². The second-order valence-corrected chi connectivity index (χ2v) is 6.33. The van der Waals surface area contributed by atoms with Gasteiger partial charge < -0.3 is 4.74 Å². The number of hydrogen-bond acceptors (Lipinski definition) is 3. The zero-order chi connectivity index (χ0) is 18.6. The monoisotopic (exact) mass is 351 g/mol. The van der Waals surface area contributed by atoms with Crippen molar-refractivity contribution >= 4 is 12.0 Å². The molecule has 0 radical (unpaired) electrons. The van der Waals surface area contributed by atoms with Gasteiger partial charge in [-0.1, -0.05) is 68.4 Å². The van der Waals surface area contributed by atoms with Crippen LogP contribution >= 0.6 is 0 Å². The first-order chi connectivity index (χ1) is 12.7. The Bertz CT molecular complexity index is 671. The van der Waals surface area contributed by atoms with Crippen LogP contribution in [0, 0.1) is 0 Å². The van der Waals surface area contributed by atoms with Crippen LogP contribution in [0.5, 0.6) is 0 Å². The quantitative estimate of drug-likeness (QED) is 0.444. The lowest BCUT2D eigenvalue weighted by atomic mass is 10.0. The summed E-state index contributed by atoms with van der Waals surface area (Å²) in [5.41, 5.74) is 3.34. The van der Waals surface area contributed by atoms with Gasteiger partial charge in [0.05, 0.1) is 0 Å². The maximum atomic E-state index is 11.9. The van der Waals surface area contributed by atoms with Crippen LogP contribution in [0.15, 0.2) is 60.7 Å². The molecule has 0 fully saturated rings. The summed E-state index contributed by atoms with van der Waals surface area (Å²) in [6.07, 6.45) is 5.54. The van der Waals surface area contributed by atoms with Crippen molar-refractivity contribution in [3.63, 3.8) is 0 Å². The molecule has 2 rings (SSSR count). The summed E-state index contributed by atoms with van der Waals surface area (Å²) in [7, 11) is 0. The van der Waals surface area contributed by atoms with Crippen molar-refractivity contribution in [2.45, 2.75) is 26.7 Å². The Morgan fingerprint density at radius 2 is 1.50 bits per heavy atom. The van der Waals surface area contributed by atoms with Gasteiger partial charge in [-0.05, 0) is 48.7 Å². The van der Waals surface area contributed by atoms with Crippen LogP contribution in [0.3, 0.4) is 0 Å². The van der Waals surface area contributed by atoms with E-state index in [1.54, 1.807) is 6.08 Å². The number of esters is 1. The third-order valence-electron chi connectivity index (χ3n) is 4.16. The third-order valence-corrected chi connectivity index (χ3v) is 4.16. The van der Waals surface area contributed by atoms with E-state index in [0.29, 0.717) is 6.61 Å². The van der Waals surface area contributed by atoms with E-state index >= 15 is 0 Å². The molecule has 2 aromatic rings. The van der Waals surface area contributed by atoms with Crippen molar-refractivity contribution in [2.24, 2.45) is 0 Å². The minimum atomic E-state index is -0.287. The molecule has 0 aromatic heterocycles. The fourth-order valence-corrected chi connectivity index (χ4v) is 2.87. The first-order valence-electron chi connectivity index (χ1n) is 9.45. The fraction of sp³-hybridized carbons (Fsp3) is 0.348. The summed E-state index contributed by atoms with van der Waals surface area (Å²) in [4.78, 5) is 14.2. The lowest BCUT2D eigenvalue weighted by molar-refractivity contribution is -0.138. The van der Waals surface area contributed by atoms with Crippen molar-refractivity contribution in [3.8, 4) is 11.1 Å². The second kappa shape index (κ2) is 11.3. The van der Waals surface area contributed by atoms with E-state index in [4.69, 9.17) is 4.74 Å². The van der Waals surface area contributed by atoms with Gasteiger partial charge >= 0.3 is 5.97 Å². The molecule has 0 saturated heterocycles. The maximum Gasteiger partial charge on any atom is 0.330 e. The number of carbonyl (C=O) groups is 1. The average molecular weight is 351 g/mol. The molecule has 0 spiro atoms. The summed E-state index contributed by atoms with van der Waals surface area (Å²) in [5, 5.41) is 0. The van der Waals surface area contributed by atoms with Gasteiger partial charge in [-0.2, -0.15) is 0 Å². The second-order valence-electron chi connectivity index (χ2n) is 6.33. The Morgan fingerprint density at radius 3 is 2.12 bits per heavy atom. The van der Waals surface area contributed by atoms with Crippen LogP contribution in [0.25, 0.3) is 17.2 Å². The number of ether oxygens (including phenoxy) is 1. The van der Waals surface area contributed by atoms with E-state index in [9.17, 15) is 4.79 Å².